The molecule has 0 atom stereocenters. The van der Waals surface area contributed by atoms with Crippen LogP contribution in [0.15, 0.2) is 0 Å². The summed E-state index contributed by atoms with van der Waals surface area (Å²) in [6, 6.07) is 1.11. The summed E-state index contributed by atoms with van der Waals surface area (Å²) in [5, 5.41) is 0. The molecule has 0 N–H and O–H groups in total. The Morgan fingerprint density at radius 3 is 0.974 bits per heavy atom. The summed E-state index contributed by atoms with van der Waals surface area (Å²) in [7, 11) is 1.64. The van der Waals surface area contributed by atoms with Crippen molar-refractivity contribution in [1.82, 2.24) is 14.7 Å². The number of nitrogens with zero attached hydrogens (tertiary/aromatic N) is 3. The lowest BCUT2D eigenvalue weighted by Crippen LogP contribution is -2.39. The van der Waals surface area contributed by atoms with Gasteiger partial charge in [-0.15, -0.1) is 0 Å². The van der Waals surface area contributed by atoms with E-state index in [1.54, 1.807) is 0 Å². The van der Waals surface area contributed by atoms with Gasteiger partial charge in [0.1, 0.15) is 0 Å². The zero-order valence-corrected chi connectivity index (χ0v) is 29.4. The van der Waals surface area contributed by atoms with E-state index in [0.29, 0.717) is 5.41 Å². The Morgan fingerprint density at radius 1 is 0.462 bits per heavy atom. The molecule has 0 amide bonds. The minimum absolute atomic E-state index is 0.392. The predicted octanol–water partition coefficient (Wildman–Crippen LogP) is 8.43. The maximum absolute atomic E-state index is 5.99. The zero-order valence-electron chi connectivity index (χ0n) is 28.4. The molecule has 0 saturated carbocycles. The van der Waals surface area contributed by atoms with E-state index in [1.165, 1.54) is 142 Å². The number of hydrogen-bond acceptors (Lipinski definition) is 5. The molecule has 236 valence electrons. The summed E-state index contributed by atoms with van der Waals surface area (Å²) in [5.74, 6) is 0. The Kier molecular flexibility index (Phi) is 24.6. The van der Waals surface area contributed by atoms with Crippen LogP contribution in [0.25, 0.3) is 0 Å². The second-order valence-electron chi connectivity index (χ2n) is 12.4. The van der Waals surface area contributed by atoms with E-state index < -0.39 is 8.56 Å². The minimum atomic E-state index is -2.10. The first-order chi connectivity index (χ1) is 18.8. The van der Waals surface area contributed by atoms with Gasteiger partial charge in [-0.2, -0.15) is 0 Å². The van der Waals surface area contributed by atoms with Crippen LogP contribution >= 0.6 is 0 Å². The van der Waals surface area contributed by atoms with Crippen molar-refractivity contribution in [2.45, 2.75) is 138 Å². The molecule has 0 aromatic rings. The highest BCUT2D eigenvalue weighted by molar-refractivity contribution is 6.65. The van der Waals surface area contributed by atoms with Gasteiger partial charge >= 0.3 is 8.56 Å². The summed E-state index contributed by atoms with van der Waals surface area (Å²) in [4.78, 5) is 8.13. The Bertz CT molecular complexity index is 460. The summed E-state index contributed by atoms with van der Waals surface area (Å²) in [5.41, 5.74) is 0.392. The summed E-state index contributed by atoms with van der Waals surface area (Å²) >= 11 is 0. The first-order valence-corrected chi connectivity index (χ1v) is 19.6. The lowest BCUT2D eigenvalue weighted by Gasteiger charge is -2.38. The fraction of sp³-hybridized carbons (Fsp3) is 1.00. The van der Waals surface area contributed by atoms with Crippen molar-refractivity contribution in [3.63, 3.8) is 0 Å². The van der Waals surface area contributed by atoms with E-state index in [0.717, 1.165) is 6.04 Å². The van der Waals surface area contributed by atoms with Crippen LogP contribution in [-0.4, -0.2) is 96.4 Å². The Morgan fingerprint density at radius 2 is 0.744 bits per heavy atom. The average Bonchev–Trinajstić information content (AvgIpc) is 2.92. The fourth-order valence-corrected chi connectivity index (χ4v) is 8.03. The average molecular weight is 572 g/mol. The van der Waals surface area contributed by atoms with Gasteiger partial charge in [-0.05, 0) is 160 Å². The maximum atomic E-state index is 5.99. The van der Waals surface area contributed by atoms with Crippen molar-refractivity contribution >= 4 is 8.56 Å². The van der Waals surface area contributed by atoms with E-state index in [-0.39, 0.29) is 0 Å². The van der Waals surface area contributed by atoms with Crippen molar-refractivity contribution < 1.29 is 8.85 Å². The van der Waals surface area contributed by atoms with Crippen molar-refractivity contribution in [3.05, 3.63) is 0 Å². The quantitative estimate of drug-likeness (QED) is 0.0840. The van der Waals surface area contributed by atoms with Crippen LogP contribution in [0.1, 0.15) is 125 Å². The molecule has 0 bridgehead atoms. The molecule has 0 unspecified atom stereocenters. The molecule has 0 aliphatic rings. The van der Waals surface area contributed by atoms with E-state index in [2.05, 4.69) is 62.8 Å². The molecular weight excluding hydrogens is 498 g/mol. The van der Waals surface area contributed by atoms with E-state index in [1.807, 2.05) is 14.2 Å². The standard InChI is InChI=1S/C33H73N3O2Si/c1-10-23-34(24-11-2)29-16-19-33(22-32-39(9,37-7)38-8,20-17-30-35(25-12-3)26-13-4)21-18-31-36(27-14-5)28-15-6/h10-32H2,1-9H3. The second kappa shape index (κ2) is 24.6. The molecule has 0 spiro atoms. The lowest BCUT2D eigenvalue weighted by atomic mass is 9.73. The van der Waals surface area contributed by atoms with E-state index in [9.17, 15) is 0 Å². The monoisotopic (exact) mass is 572 g/mol. The van der Waals surface area contributed by atoms with Crippen molar-refractivity contribution in [1.29, 1.82) is 0 Å². The van der Waals surface area contributed by atoms with Crippen LogP contribution in [0.5, 0.6) is 0 Å². The molecule has 0 aliphatic heterocycles. The molecule has 0 saturated heterocycles. The Labute approximate surface area is 248 Å². The third-order valence-electron chi connectivity index (χ3n) is 8.76. The summed E-state index contributed by atoms with van der Waals surface area (Å²) < 4.78 is 12.0. The van der Waals surface area contributed by atoms with Gasteiger partial charge in [0.15, 0.2) is 0 Å². The van der Waals surface area contributed by atoms with Gasteiger partial charge in [-0.1, -0.05) is 41.5 Å². The Hall–Kier alpha value is 0.0169. The summed E-state index contributed by atoms with van der Waals surface area (Å²) in [6.07, 6.45) is 16.8. The maximum Gasteiger partial charge on any atom is 0.334 e. The molecule has 0 aromatic carbocycles. The van der Waals surface area contributed by atoms with Crippen LogP contribution in [0.3, 0.4) is 0 Å². The highest BCUT2D eigenvalue weighted by Gasteiger charge is 2.36. The van der Waals surface area contributed by atoms with Gasteiger partial charge in [-0.3, -0.25) is 0 Å². The molecule has 0 rings (SSSR count). The largest absolute Gasteiger partial charge is 0.398 e. The number of hydrogen-bond donors (Lipinski definition) is 0. The van der Waals surface area contributed by atoms with Crippen molar-refractivity contribution in [3.8, 4) is 0 Å². The van der Waals surface area contributed by atoms with E-state index >= 15 is 0 Å². The molecule has 0 radical (unpaired) electrons. The van der Waals surface area contributed by atoms with Gasteiger partial charge in [0.2, 0.25) is 0 Å². The van der Waals surface area contributed by atoms with Crippen LogP contribution in [0.4, 0.5) is 0 Å². The fourth-order valence-electron chi connectivity index (χ4n) is 6.47. The van der Waals surface area contributed by atoms with Gasteiger partial charge in [-0.25, -0.2) is 0 Å². The van der Waals surface area contributed by atoms with Gasteiger partial charge in [0.25, 0.3) is 0 Å². The van der Waals surface area contributed by atoms with Crippen molar-refractivity contribution in [2.75, 3.05) is 73.1 Å². The lowest BCUT2D eigenvalue weighted by molar-refractivity contribution is 0.146. The number of rotatable bonds is 29. The third-order valence-corrected chi connectivity index (χ3v) is 11.6. The third kappa shape index (κ3) is 18.2. The first kappa shape index (κ1) is 39.0. The molecule has 0 aliphatic carbocycles. The smallest absolute Gasteiger partial charge is 0.334 e. The Balaban J connectivity index is 5.77. The zero-order chi connectivity index (χ0) is 29.4. The van der Waals surface area contributed by atoms with Gasteiger partial charge in [0.05, 0.1) is 0 Å². The normalized spacial score (nSPS) is 12.9. The molecule has 5 nitrogen and oxygen atoms in total. The first-order valence-electron chi connectivity index (χ1n) is 17.1. The molecule has 0 fully saturated rings. The van der Waals surface area contributed by atoms with Gasteiger partial charge in [0, 0.05) is 14.2 Å². The highest BCUT2D eigenvalue weighted by Crippen LogP contribution is 2.42. The minimum Gasteiger partial charge on any atom is -0.398 e. The second-order valence-corrected chi connectivity index (χ2v) is 16.0. The van der Waals surface area contributed by atoms with Crippen LogP contribution in [0, 0.1) is 5.41 Å². The van der Waals surface area contributed by atoms with Crippen molar-refractivity contribution in [2.24, 2.45) is 5.41 Å². The SMILES string of the molecule is CCCN(CCC)CCCC(CCCN(CCC)CCC)(CCCN(CCC)CCC)CC[Si](C)(OC)OC. The van der Waals surface area contributed by atoms with E-state index in [4.69, 9.17) is 8.85 Å². The molecule has 0 aromatic heterocycles. The molecule has 0 heterocycles. The van der Waals surface area contributed by atoms with Crippen LogP contribution < -0.4 is 0 Å². The highest BCUT2D eigenvalue weighted by atomic mass is 28.4. The topological polar surface area (TPSA) is 28.2 Å². The molecular formula is C33H73N3O2Si. The van der Waals surface area contributed by atoms with Crippen LogP contribution in [0.2, 0.25) is 12.6 Å². The van der Waals surface area contributed by atoms with Gasteiger partial charge < -0.3 is 23.6 Å². The summed E-state index contributed by atoms with van der Waals surface area (Å²) in [6.45, 7) is 27.4. The van der Waals surface area contributed by atoms with Crippen LogP contribution in [-0.2, 0) is 8.85 Å². The predicted molar refractivity (Wildman–Crippen MR) is 176 cm³/mol. The molecule has 6 heteroatoms. The molecule has 39 heavy (non-hydrogen) atoms.